The van der Waals surface area contributed by atoms with Crippen molar-refractivity contribution in [2.45, 2.75) is 225 Å². The first-order chi connectivity index (χ1) is 38.5. The van der Waals surface area contributed by atoms with Crippen LogP contribution in [-0.2, 0) is 47.7 Å². The molecule has 2 amide bonds. The summed E-state index contributed by atoms with van der Waals surface area (Å²) in [5, 5.41) is 79.6. The zero-order valence-electron chi connectivity index (χ0n) is 46.7. The number of nitrogens with one attached hydrogen (secondary N) is 3. The molecule has 5 unspecified atom stereocenters. The van der Waals surface area contributed by atoms with E-state index in [-0.39, 0.29) is 152 Å². The molecule has 12 aliphatic rings. The van der Waals surface area contributed by atoms with Crippen molar-refractivity contribution in [2.75, 3.05) is 13.2 Å². The first kappa shape index (κ1) is 71.6. The first-order valence-corrected chi connectivity index (χ1v) is 28.4. The van der Waals surface area contributed by atoms with E-state index in [2.05, 4.69) is 28.6 Å². The van der Waals surface area contributed by atoms with E-state index in [4.69, 9.17) is 80.9 Å². The Balaban J connectivity index is 0.000000212. The van der Waals surface area contributed by atoms with Crippen molar-refractivity contribution in [3.63, 3.8) is 0 Å². The fourth-order valence-corrected chi connectivity index (χ4v) is 13.5. The highest BCUT2D eigenvalue weighted by atomic mass is 35.5. The maximum atomic E-state index is 11.5. The summed E-state index contributed by atoms with van der Waals surface area (Å²) in [6, 6.07) is 0.698. The van der Waals surface area contributed by atoms with Gasteiger partial charge in [-0.15, -0.1) is 24.8 Å². The van der Waals surface area contributed by atoms with Gasteiger partial charge in [0.1, 0.15) is 24.4 Å². The summed E-state index contributed by atoms with van der Waals surface area (Å²) in [4.78, 5) is 78.5. The minimum Gasteiger partial charge on any atom is -0.396 e. The van der Waals surface area contributed by atoms with Crippen LogP contribution in [0.25, 0.3) is 0 Å². The highest BCUT2D eigenvalue weighted by molar-refractivity contribution is 5.86. The van der Waals surface area contributed by atoms with Crippen LogP contribution >= 0.6 is 24.8 Å². The van der Waals surface area contributed by atoms with Crippen LogP contribution in [0.1, 0.15) is 123 Å². The fraction of sp³-hybridized carbons (Fsp3) is 0.815. The molecule has 8 aliphatic carbocycles. The standard InChI is InChI=1S/C12H21NO3.C12H21NO2.C10H14N2O5.C6H9NO3.C6H13NO2.C6H7NO.2CO2.2ClH/c13-9-6-8(7-14)10-11(9)16-12(15-10)4-2-1-3-5-12;1-8-7-9(13)11-10(8)14-12(15-11)5-3-2-4-6-12;13-4-5-3-6(9(16)8(5)15)12-2-1-7(14)11-10(12)17;8-4-2-1-3(5(4)9)7-6(2)10;1-3-2-4(7)6(9)5(3)8;8-6-4-1-2-5(3-4)7-6;2*2-1-3;;/h8-11,14H,1-7,13H2;8-11H,2-7,13H2,1H3;1-2,5-6,8-9,13,15-16H,3-4H2,(H,11,14,17);2-5,8-9H,1H2,(H,7,10);3-6,8-9H,2,7H2,1H3;1-2,4-5H,3H2,(H,7,8);;;2*1H/t8-,9-,10+,11?;8-,9+,10-,11?;5-,6-,8+,9?;2-,3+,4-,5?;3-,4+,5-,6?;4-,5+;;;;/m101001..../s1. The number of amides is 2. The van der Waals surface area contributed by atoms with Gasteiger partial charge in [0.15, 0.2) is 11.6 Å². The third kappa shape index (κ3) is 17.2. The second kappa shape index (κ2) is 32.2. The van der Waals surface area contributed by atoms with Gasteiger partial charge in [0.2, 0.25) is 11.8 Å². The number of carbonyl (C=O) groups excluding carboxylic acids is 6. The van der Waals surface area contributed by atoms with E-state index >= 15 is 0 Å². The lowest BCUT2D eigenvalue weighted by Gasteiger charge is -2.33. The van der Waals surface area contributed by atoms with E-state index in [1.54, 1.807) is 0 Å². The average Bonchev–Trinajstić information content (AvgIpc) is 3.78. The van der Waals surface area contributed by atoms with Crippen molar-refractivity contribution in [1.82, 2.24) is 20.2 Å². The van der Waals surface area contributed by atoms with Gasteiger partial charge in [-0.05, 0) is 76.0 Å². The molecule has 5 heterocycles. The molecule has 83 heavy (non-hydrogen) atoms. The lowest BCUT2D eigenvalue weighted by Crippen LogP contribution is -2.48. The van der Waals surface area contributed by atoms with E-state index in [9.17, 15) is 34.5 Å². The number of hydrogen-bond donors (Lipinski definition) is 14. The molecule has 7 saturated carbocycles. The number of nitrogens with two attached hydrogens (primary N) is 3. The summed E-state index contributed by atoms with van der Waals surface area (Å²) in [5.74, 6) is -0.268. The molecule has 472 valence electrons. The Bertz CT molecular complexity index is 2390. The van der Waals surface area contributed by atoms with Gasteiger partial charge in [0.05, 0.1) is 60.5 Å². The Hall–Kier alpha value is -3.90. The van der Waals surface area contributed by atoms with Gasteiger partial charge in [-0.1, -0.05) is 38.8 Å². The number of nitrogens with zero attached hydrogens (tertiary/aromatic N) is 1. The van der Waals surface area contributed by atoms with Crippen LogP contribution in [-0.4, -0.2) is 191 Å². The monoisotopic (exact) mass is 1220 g/mol. The number of halogens is 2. The normalized spacial score (nSPS) is 40.3. The molecule has 13 rings (SSSR count). The van der Waals surface area contributed by atoms with Crippen molar-refractivity contribution in [2.24, 2.45) is 52.7 Å². The molecule has 17 N–H and O–H groups in total. The van der Waals surface area contributed by atoms with Crippen molar-refractivity contribution < 1.29 is 88.6 Å². The van der Waals surface area contributed by atoms with Crippen LogP contribution in [0.2, 0.25) is 0 Å². The van der Waals surface area contributed by atoms with Gasteiger partial charge >= 0.3 is 18.0 Å². The molecular formula is C54H87Cl2N7O20. The molecule has 0 radical (unpaired) electrons. The maximum absolute atomic E-state index is 11.5. The number of piperidine rings is 1. The topological polar surface area (TPSA) is 458 Å². The molecule has 0 aromatic carbocycles. The number of hydrogen-bond acceptors (Lipinski definition) is 23. The molecule has 27 nitrogen and oxygen atoms in total. The zero-order chi connectivity index (χ0) is 59.5. The molecule has 1 aromatic heterocycles. The molecule has 29 heteroatoms. The van der Waals surface area contributed by atoms with Crippen LogP contribution < -0.4 is 39.1 Å². The van der Waals surface area contributed by atoms with E-state index < -0.39 is 59.8 Å². The van der Waals surface area contributed by atoms with Gasteiger partial charge < -0.3 is 87.6 Å². The van der Waals surface area contributed by atoms with Crippen molar-refractivity contribution in [3.05, 3.63) is 45.3 Å². The minimum absolute atomic E-state index is 0. The SMILES string of the molecule is C[C@H]1C[C@@H](N)C(O)[C@H]1O.C[C@H]1C[C@@H](N)C2OC3(CCCCC3)O[C@H]21.Cl.Cl.N[C@@H]1C[C@H](CO)[C@@H]2OC3(CCCCC3)OC12.O=C1N[C@@H]2C[C@H]1[C@H](O)C2O.O=C1N[C@H]2C=C[C@@H]1C2.O=C=O.O=C=O.O=c1ccn([C@@H]2C[C@H](CO)[C@H](O)C2O)c(=O)[nH]1. The number of aliphatic hydroxyl groups is 8. The Kier molecular flexibility index (Phi) is 27.8. The van der Waals surface area contributed by atoms with Gasteiger partial charge in [0.25, 0.3) is 5.56 Å². The Morgan fingerprint density at radius 3 is 1.47 bits per heavy atom. The zero-order valence-corrected chi connectivity index (χ0v) is 48.3. The summed E-state index contributed by atoms with van der Waals surface area (Å²) >= 11 is 0. The summed E-state index contributed by atoms with van der Waals surface area (Å²) in [6.07, 6.45) is 17.2. The quantitative estimate of drug-likeness (QED) is 0.138. The summed E-state index contributed by atoms with van der Waals surface area (Å²) in [7, 11) is 0. The number of aromatic nitrogens is 2. The fourth-order valence-electron chi connectivity index (χ4n) is 13.5. The van der Waals surface area contributed by atoms with Gasteiger partial charge in [-0.2, -0.15) is 19.2 Å². The highest BCUT2D eigenvalue weighted by Gasteiger charge is 2.57. The summed E-state index contributed by atoms with van der Waals surface area (Å²) < 4.78 is 25.7. The van der Waals surface area contributed by atoms with E-state index in [1.165, 1.54) is 55.4 Å². The Labute approximate surface area is 492 Å². The molecule has 4 saturated heterocycles. The predicted octanol–water partition coefficient (Wildman–Crippen LogP) is -2.58. The van der Waals surface area contributed by atoms with Crippen LogP contribution in [0, 0.1) is 35.5 Å². The third-order valence-electron chi connectivity index (χ3n) is 17.9. The largest absolute Gasteiger partial charge is 0.396 e. The van der Waals surface area contributed by atoms with Crippen molar-refractivity contribution in [3.8, 4) is 0 Å². The number of aromatic amines is 1. The van der Waals surface area contributed by atoms with Crippen LogP contribution in [0.3, 0.4) is 0 Å². The lowest BCUT2D eigenvalue weighted by molar-refractivity contribution is -0.204. The van der Waals surface area contributed by atoms with Crippen LogP contribution in [0.4, 0.5) is 0 Å². The number of ether oxygens (including phenoxy) is 4. The van der Waals surface area contributed by atoms with E-state index in [0.29, 0.717) is 18.4 Å². The van der Waals surface area contributed by atoms with Crippen molar-refractivity contribution in [1.29, 1.82) is 0 Å². The number of rotatable bonds is 3. The smallest absolute Gasteiger partial charge is 0.373 e. The first-order valence-electron chi connectivity index (χ1n) is 28.4. The van der Waals surface area contributed by atoms with E-state index in [0.717, 1.165) is 51.4 Å². The van der Waals surface area contributed by atoms with Crippen LogP contribution in [0.5, 0.6) is 0 Å². The number of H-pyrrole nitrogens is 1. The molecule has 4 bridgehead atoms. The lowest BCUT2D eigenvalue weighted by atomic mass is 9.94. The minimum atomic E-state index is -1.13. The summed E-state index contributed by atoms with van der Waals surface area (Å²) in [6.45, 7) is 4.03. The molecule has 2 spiro atoms. The molecule has 1 aromatic rings. The number of fused-ring (bicyclic) bond motifs is 6. The highest BCUT2D eigenvalue weighted by Crippen LogP contribution is 2.48. The third-order valence-corrected chi connectivity index (χ3v) is 17.9. The Morgan fingerprint density at radius 2 is 1.08 bits per heavy atom. The number of aliphatic hydroxyl groups excluding tert-OH is 8. The Morgan fingerprint density at radius 1 is 0.566 bits per heavy atom. The van der Waals surface area contributed by atoms with E-state index in [1.807, 2.05) is 13.0 Å². The van der Waals surface area contributed by atoms with Crippen molar-refractivity contribution >= 4 is 48.9 Å². The average molecular weight is 1230 g/mol. The molecule has 22 atom stereocenters. The maximum Gasteiger partial charge on any atom is 0.373 e. The second-order valence-corrected chi connectivity index (χ2v) is 23.5. The second-order valence-electron chi connectivity index (χ2n) is 23.5. The van der Waals surface area contributed by atoms with Gasteiger partial charge in [-0.3, -0.25) is 23.9 Å². The summed E-state index contributed by atoms with van der Waals surface area (Å²) in [5.41, 5.74) is 16.5. The molecule has 4 aliphatic heterocycles. The molecular weight excluding hydrogens is 1140 g/mol. The molecule has 11 fully saturated rings. The number of carbonyl (C=O) groups is 2. The predicted molar refractivity (Wildman–Crippen MR) is 293 cm³/mol. The van der Waals surface area contributed by atoms with Gasteiger partial charge in [-0.25, -0.2) is 4.79 Å². The van der Waals surface area contributed by atoms with Crippen LogP contribution in [0.15, 0.2) is 34.0 Å². The van der Waals surface area contributed by atoms with Gasteiger partial charge in [0, 0.05) is 87.2 Å².